The number of benzene rings is 2. The number of allylic oxidation sites excluding steroid dienone is 1. The molecule has 0 saturated carbocycles. The van der Waals surface area contributed by atoms with E-state index >= 15 is 0 Å². The summed E-state index contributed by atoms with van der Waals surface area (Å²) in [6.45, 7) is 0.940. The fourth-order valence-corrected chi connectivity index (χ4v) is 5.45. The molecule has 27 heavy (non-hydrogen) atoms. The van der Waals surface area contributed by atoms with Crippen LogP contribution in [0, 0.1) is 5.82 Å². The maximum absolute atomic E-state index is 13.7. The molecule has 0 aliphatic carbocycles. The maximum Gasteiger partial charge on any atom is 0.265 e. The van der Waals surface area contributed by atoms with Gasteiger partial charge in [0.1, 0.15) is 5.82 Å². The summed E-state index contributed by atoms with van der Waals surface area (Å²) >= 11 is 0. The van der Waals surface area contributed by atoms with Gasteiger partial charge in [-0.1, -0.05) is 30.3 Å². The predicted octanol–water partition coefficient (Wildman–Crippen LogP) is 2.78. The van der Waals surface area contributed by atoms with E-state index in [0.29, 0.717) is 37.3 Å². The van der Waals surface area contributed by atoms with Gasteiger partial charge in [0.15, 0.2) is 4.91 Å². The van der Waals surface area contributed by atoms with Crippen molar-refractivity contribution < 1.29 is 17.6 Å². The van der Waals surface area contributed by atoms with Crippen LogP contribution in [0.25, 0.3) is 0 Å². The second-order valence-corrected chi connectivity index (χ2v) is 8.49. The Morgan fingerprint density at radius 1 is 1.15 bits per heavy atom. The first-order valence-electron chi connectivity index (χ1n) is 8.86. The Kier molecular flexibility index (Phi) is 4.47. The number of carbonyl (C=O) groups excluding carboxylic acids is 1. The normalized spacial score (nSPS) is 17.4. The maximum atomic E-state index is 13.7. The SMILES string of the molecule is O=C(NCCc1ccccc1)C1=C2CCCN2c2ccc(F)cc2S1(=O)=O. The van der Waals surface area contributed by atoms with Gasteiger partial charge >= 0.3 is 0 Å². The van der Waals surface area contributed by atoms with Gasteiger partial charge in [0.05, 0.1) is 10.6 Å². The summed E-state index contributed by atoms with van der Waals surface area (Å²) in [5.41, 5.74) is 2.01. The summed E-state index contributed by atoms with van der Waals surface area (Å²) in [5.74, 6) is -1.26. The van der Waals surface area contributed by atoms with Crippen molar-refractivity contribution in [2.45, 2.75) is 24.2 Å². The lowest BCUT2D eigenvalue weighted by Gasteiger charge is -2.30. The standard InChI is InChI=1S/C20H19FN2O3S/c21-15-8-9-16-18(13-15)27(25,26)19(17-7-4-12-23(16)17)20(24)22-11-10-14-5-2-1-3-6-14/h1-3,5-6,8-9,13H,4,7,10-12H2,(H,22,24). The van der Waals surface area contributed by atoms with Gasteiger partial charge in [-0.25, -0.2) is 12.8 Å². The zero-order valence-corrected chi connectivity index (χ0v) is 15.4. The number of nitrogens with zero attached hydrogens (tertiary/aromatic N) is 1. The minimum absolute atomic E-state index is 0.138. The zero-order chi connectivity index (χ0) is 19.0. The molecule has 1 N–H and O–H groups in total. The average molecular weight is 386 g/mol. The summed E-state index contributed by atoms with van der Waals surface area (Å²) in [6, 6.07) is 13.3. The fraction of sp³-hybridized carbons (Fsp3) is 0.250. The van der Waals surface area contributed by atoms with Gasteiger partial charge in [-0.05, 0) is 43.0 Å². The lowest BCUT2D eigenvalue weighted by molar-refractivity contribution is -0.116. The van der Waals surface area contributed by atoms with Gasteiger partial charge in [-0.15, -0.1) is 0 Å². The first-order valence-corrected chi connectivity index (χ1v) is 10.3. The van der Waals surface area contributed by atoms with Crippen LogP contribution >= 0.6 is 0 Å². The van der Waals surface area contributed by atoms with Gasteiger partial charge in [0, 0.05) is 18.8 Å². The molecule has 2 heterocycles. The zero-order valence-electron chi connectivity index (χ0n) is 14.6. The van der Waals surface area contributed by atoms with Crippen LogP contribution in [0.3, 0.4) is 0 Å². The third-order valence-electron chi connectivity index (χ3n) is 4.90. The molecule has 0 radical (unpaired) electrons. The van der Waals surface area contributed by atoms with Crippen molar-refractivity contribution in [3.63, 3.8) is 0 Å². The molecule has 0 atom stereocenters. The summed E-state index contributed by atoms with van der Waals surface area (Å²) in [5, 5.41) is 2.72. The van der Waals surface area contributed by atoms with Crippen molar-refractivity contribution >= 4 is 21.4 Å². The topological polar surface area (TPSA) is 66.5 Å². The quantitative estimate of drug-likeness (QED) is 0.878. The molecular weight excluding hydrogens is 367 g/mol. The second kappa shape index (κ2) is 6.81. The minimum Gasteiger partial charge on any atom is -0.351 e. The van der Waals surface area contributed by atoms with Crippen molar-refractivity contribution in [3.05, 3.63) is 70.5 Å². The number of sulfone groups is 1. The molecule has 1 amide bonds. The van der Waals surface area contributed by atoms with Crippen LogP contribution in [0.4, 0.5) is 10.1 Å². The Morgan fingerprint density at radius 3 is 2.70 bits per heavy atom. The summed E-state index contributed by atoms with van der Waals surface area (Å²) in [6.07, 6.45) is 1.87. The summed E-state index contributed by atoms with van der Waals surface area (Å²) in [4.78, 5) is 14.2. The van der Waals surface area contributed by atoms with Crippen molar-refractivity contribution in [2.75, 3.05) is 18.0 Å². The first kappa shape index (κ1) is 17.7. The monoisotopic (exact) mass is 386 g/mol. The Bertz CT molecular complexity index is 1030. The predicted molar refractivity (Wildman–Crippen MR) is 100 cm³/mol. The number of rotatable bonds is 4. The molecule has 7 heteroatoms. The highest BCUT2D eigenvalue weighted by Crippen LogP contribution is 2.43. The van der Waals surface area contributed by atoms with Gasteiger partial charge in [0.2, 0.25) is 9.84 Å². The van der Waals surface area contributed by atoms with Crippen molar-refractivity contribution in [1.29, 1.82) is 0 Å². The summed E-state index contributed by atoms with van der Waals surface area (Å²) in [7, 11) is -4.07. The highest BCUT2D eigenvalue weighted by molar-refractivity contribution is 7.96. The molecule has 4 rings (SSSR count). The Labute approximate surface area is 157 Å². The van der Waals surface area contributed by atoms with Gasteiger partial charge in [0.25, 0.3) is 5.91 Å². The Hall–Kier alpha value is -2.67. The van der Waals surface area contributed by atoms with E-state index in [4.69, 9.17) is 0 Å². The molecule has 140 valence electrons. The van der Waals surface area contributed by atoms with E-state index in [2.05, 4.69) is 5.32 Å². The van der Waals surface area contributed by atoms with E-state index in [1.54, 1.807) is 0 Å². The minimum atomic E-state index is -4.07. The van der Waals surface area contributed by atoms with Crippen LogP contribution < -0.4 is 10.2 Å². The largest absolute Gasteiger partial charge is 0.351 e. The molecule has 1 saturated heterocycles. The number of amides is 1. The molecule has 2 aliphatic heterocycles. The fourth-order valence-electron chi connectivity index (χ4n) is 3.67. The highest BCUT2D eigenvalue weighted by atomic mass is 32.2. The number of hydrogen-bond donors (Lipinski definition) is 1. The first-order chi connectivity index (χ1) is 13.0. The van der Waals surface area contributed by atoms with Crippen LogP contribution in [-0.2, 0) is 21.1 Å². The van der Waals surface area contributed by atoms with Crippen molar-refractivity contribution in [3.8, 4) is 0 Å². The molecule has 0 bridgehead atoms. The Morgan fingerprint density at radius 2 is 1.93 bits per heavy atom. The van der Waals surface area contributed by atoms with E-state index in [1.807, 2.05) is 35.2 Å². The Balaban J connectivity index is 1.63. The molecule has 2 aromatic rings. The molecule has 0 aromatic heterocycles. The molecule has 2 aromatic carbocycles. The molecule has 2 aliphatic rings. The van der Waals surface area contributed by atoms with Crippen LogP contribution in [0.2, 0.25) is 0 Å². The van der Waals surface area contributed by atoms with Gasteiger partial charge in [-0.2, -0.15) is 0 Å². The third-order valence-corrected chi connectivity index (χ3v) is 6.77. The van der Waals surface area contributed by atoms with E-state index in [0.717, 1.165) is 18.1 Å². The molecule has 5 nitrogen and oxygen atoms in total. The van der Waals surface area contributed by atoms with Crippen LogP contribution in [0.15, 0.2) is 64.0 Å². The van der Waals surface area contributed by atoms with E-state index in [1.165, 1.54) is 12.1 Å². The highest BCUT2D eigenvalue weighted by Gasteiger charge is 2.41. The lowest BCUT2D eigenvalue weighted by Crippen LogP contribution is -2.36. The van der Waals surface area contributed by atoms with Gasteiger partial charge < -0.3 is 10.2 Å². The van der Waals surface area contributed by atoms with E-state index < -0.39 is 21.6 Å². The molecule has 1 fully saturated rings. The number of halogens is 1. The summed E-state index contributed by atoms with van der Waals surface area (Å²) < 4.78 is 39.8. The second-order valence-electron chi connectivity index (χ2n) is 6.64. The van der Waals surface area contributed by atoms with Crippen LogP contribution in [-0.4, -0.2) is 27.4 Å². The molecule has 0 spiro atoms. The average Bonchev–Trinajstić information content (AvgIpc) is 3.11. The number of anilines is 1. The van der Waals surface area contributed by atoms with Crippen molar-refractivity contribution in [1.82, 2.24) is 5.32 Å². The number of hydrogen-bond acceptors (Lipinski definition) is 4. The smallest absolute Gasteiger partial charge is 0.265 e. The number of nitrogens with one attached hydrogen (secondary N) is 1. The van der Waals surface area contributed by atoms with E-state index in [9.17, 15) is 17.6 Å². The van der Waals surface area contributed by atoms with Gasteiger partial charge in [-0.3, -0.25) is 4.79 Å². The van der Waals surface area contributed by atoms with Crippen LogP contribution in [0.1, 0.15) is 18.4 Å². The number of fused-ring (bicyclic) bond motifs is 3. The van der Waals surface area contributed by atoms with Crippen LogP contribution in [0.5, 0.6) is 0 Å². The number of carbonyl (C=O) groups is 1. The van der Waals surface area contributed by atoms with Crippen molar-refractivity contribution in [2.24, 2.45) is 0 Å². The lowest BCUT2D eigenvalue weighted by atomic mass is 10.1. The van der Waals surface area contributed by atoms with E-state index in [-0.39, 0.29) is 9.80 Å². The molecule has 0 unspecified atom stereocenters. The third kappa shape index (κ3) is 3.12. The molecular formula is C20H19FN2O3S.